The summed E-state index contributed by atoms with van der Waals surface area (Å²) in [6, 6.07) is 8.98. The van der Waals surface area contributed by atoms with Crippen LogP contribution in [-0.2, 0) is 17.6 Å². The molecule has 0 unspecified atom stereocenters. The van der Waals surface area contributed by atoms with Crippen molar-refractivity contribution in [1.29, 1.82) is 0 Å². The average molecular weight is 427 g/mol. The summed E-state index contributed by atoms with van der Waals surface area (Å²) in [7, 11) is 0. The van der Waals surface area contributed by atoms with E-state index in [2.05, 4.69) is 27.8 Å². The summed E-state index contributed by atoms with van der Waals surface area (Å²) in [6.07, 6.45) is 4.61. The van der Waals surface area contributed by atoms with Gasteiger partial charge in [0.15, 0.2) is 5.13 Å². The molecular weight excluding hydrogens is 408 g/mol. The lowest BCUT2D eigenvalue weighted by Gasteiger charge is -2.16. The van der Waals surface area contributed by atoms with Crippen LogP contribution in [0, 0.1) is 11.6 Å². The van der Waals surface area contributed by atoms with Crippen molar-refractivity contribution in [2.24, 2.45) is 0 Å². The van der Waals surface area contributed by atoms with Crippen LogP contribution in [0.15, 0.2) is 41.8 Å². The van der Waals surface area contributed by atoms with Crippen LogP contribution in [0.4, 0.5) is 13.9 Å². The maximum atomic E-state index is 13.6. The van der Waals surface area contributed by atoms with Gasteiger partial charge in [-0.05, 0) is 55.0 Å². The number of carbonyl (C=O) groups is 2. The normalized spacial score (nSPS) is 12.9. The van der Waals surface area contributed by atoms with Gasteiger partial charge in [0, 0.05) is 17.0 Å². The Morgan fingerprint density at radius 3 is 2.63 bits per heavy atom. The fourth-order valence-corrected chi connectivity index (χ4v) is 4.19. The van der Waals surface area contributed by atoms with E-state index in [4.69, 9.17) is 0 Å². The smallest absolute Gasteiger partial charge is 0.254 e. The molecule has 1 aliphatic carbocycles. The number of anilines is 1. The first-order valence-corrected chi connectivity index (χ1v) is 10.5. The highest BCUT2D eigenvalue weighted by Gasteiger charge is 2.15. The fourth-order valence-electron chi connectivity index (χ4n) is 3.45. The molecule has 0 aliphatic heterocycles. The van der Waals surface area contributed by atoms with Crippen LogP contribution in [-0.4, -0.2) is 23.3 Å². The van der Waals surface area contributed by atoms with Crippen molar-refractivity contribution in [1.82, 2.24) is 10.3 Å². The maximum absolute atomic E-state index is 13.6. The van der Waals surface area contributed by atoms with E-state index in [1.165, 1.54) is 35.3 Å². The Balaban J connectivity index is 1.35. The Labute approximate surface area is 176 Å². The molecule has 30 heavy (non-hydrogen) atoms. The predicted octanol–water partition coefficient (Wildman–Crippen LogP) is 4.34. The lowest BCUT2D eigenvalue weighted by atomic mass is 9.90. The van der Waals surface area contributed by atoms with E-state index < -0.39 is 23.4 Å². The van der Waals surface area contributed by atoms with E-state index in [-0.39, 0.29) is 12.1 Å². The number of thiazole rings is 1. The van der Waals surface area contributed by atoms with Crippen LogP contribution in [0.2, 0.25) is 0 Å². The summed E-state index contributed by atoms with van der Waals surface area (Å²) >= 11 is 1.29. The number of rotatable bonds is 5. The van der Waals surface area contributed by atoms with Gasteiger partial charge in [-0.3, -0.25) is 9.59 Å². The molecule has 154 valence electrons. The minimum Gasteiger partial charge on any atom is -0.343 e. The van der Waals surface area contributed by atoms with Crippen molar-refractivity contribution in [3.8, 4) is 11.3 Å². The van der Waals surface area contributed by atoms with Crippen LogP contribution < -0.4 is 10.6 Å². The molecular formula is C22H19F2N3O2S. The largest absolute Gasteiger partial charge is 0.343 e. The van der Waals surface area contributed by atoms with Gasteiger partial charge in [0.1, 0.15) is 11.6 Å². The van der Waals surface area contributed by atoms with Gasteiger partial charge in [-0.25, -0.2) is 13.8 Å². The quantitative estimate of drug-likeness (QED) is 0.637. The molecule has 1 aromatic heterocycles. The first kappa shape index (κ1) is 20.2. The number of nitrogens with zero attached hydrogens (tertiary/aromatic N) is 1. The number of halogens is 2. The van der Waals surface area contributed by atoms with Crippen LogP contribution >= 0.6 is 11.3 Å². The molecule has 0 saturated heterocycles. The molecule has 0 radical (unpaired) electrons. The van der Waals surface area contributed by atoms with Crippen LogP contribution in [0.25, 0.3) is 11.3 Å². The first-order chi connectivity index (χ1) is 14.5. The predicted molar refractivity (Wildman–Crippen MR) is 112 cm³/mol. The molecule has 1 aliphatic rings. The van der Waals surface area contributed by atoms with Crippen molar-refractivity contribution in [2.75, 3.05) is 11.9 Å². The maximum Gasteiger partial charge on any atom is 0.254 e. The molecule has 0 fully saturated rings. The number of amides is 2. The monoisotopic (exact) mass is 427 g/mol. The van der Waals surface area contributed by atoms with Crippen LogP contribution in [0.5, 0.6) is 0 Å². The lowest BCUT2D eigenvalue weighted by Crippen LogP contribution is -2.33. The Morgan fingerprint density at radius 2 is 1.83 bits per heavy atom. The van der Waals surface area contributed by atoms with Crippen LogP contribution in [0.3, 0.4) is 0 Å². The van der Waals surface area contributed by atoms with Crippen molar-refractivity contribution in [3.05, 3.63) is 70.1 Å². The standard InChI is InChI=1S/C22H19F2N3O2S/c23-16-7-8-17(18(24)10-16)21(29)25-11-20(28)27-22-26-19(12-30-22)15-6-5-13-3-1-2-4-14(13)9-15/h5-10,12H,1-4,11H2,(H,25,29)(H,26,27,28). The molecule has 1 heterocycles. The van der Waals surface area contributed by atoms with Crippen molar-refractivity contribution in [2.45, 2.75) is 25.7 Å². The SMILES string of the molecule is O=C(CNC(=O)c1ccc(F)cc1F)Nc1nc(-c2ccc3c(c2)CCCC3)cs1. The Morgan fingerprint density at radius 1 is 1.03 bits per heavy atom. The minimum absolute atomic E-state index is 0.326. The summed E-state index contributed by atoms with van der Waals surface area (Å²) in [6.45, 7) is -0.358. The molecule has 4 rings (SSSR count). The van der Waals surface area contributed by atoms with Crippen molar-refractivity contribution in [3.63, 3.8) is 0 Å². The summed E-state index contributed by atoms with van der Waals surface area (Å²) in [5.41, 5.74) is 4.21. The van der Waals surface area contributed by atoms with E-state index in [1.807, 2.05) is 11.4 Å². The fraction of sp³-hybridized carbons (Fsp3) is 0.227. The minimum atomic E-state index is -0.984. The van der Waals surface area contributed by atoms with Gasteiger partial charge in [0.25, 0.3) is 5.91 Å². The van der Waals surface area contributed by atoms with Gasteiger partial charge >= 0.3 is 0 Å². The average Bonchev–Trinajstić information content (AvgIpc) is 3.20. The summed E-state index contributed by atoms with van der Waals surface area (Å²) in [4.78, 5) is 28.5. The number of fused-ring (bicyclic) bond motifs is 1. The molecule has 0 spiro atoms. The van der Waals surface area contributed by atoms with Gasteiger partial charge in [-0.15, -0.1) is 11.3 Å². The second-order valence-corrected chi connectivity index (χ2v) is 7.94. The van der Waals surface area contributed by atoms with E-state index in [1.54, 1.807) is 0 Å². The van der Waals surface area contributed by atoms with E-state index in [0.29, 0.717) is 11.2 Å². The molecule has 0 bridgehead atoms. The molecule has 0 atom stereocenters. The highest BCUT2D eigenvalue weighted by atomic mass is 32.1. The zero-order chi connectivity index (χ0) is 21.1. The van der Waals surface area contributed by atoms with Gasteiger partial charge in [0.05, 0.1) is 17.8 Å². The summed E-state index contributed by atoms with van der Waals surface area (Å²) in [5, 5.41) is 7.22. The first-order valence-electron chi connectivity index (χ1n) is 9.60. The third kappa shape index (κ3) is 4.54. The highest BCUT2D eigenvalue weighted by molar-refractivity contribution is 7.14. The second-order valence-electron chi connectivity index (χ2n) is 7.08. The Kier molecular flexibility index (Phi) is 5.85. The number of aromatic nitrogens is 1. The van der Waals surface area contributed by atoms with Gasteiger partial charge < -0.3 is 10.6 Å². The van der Waals surface area contributed by atoms with Crippen LogP contribution in [0.1, 0.15) is 34.3 Å². The molecule has 2 aromatic carbocycles. The third-order valence-corrected chi connectivity index (χ3v) is 5.74. The number of carbonyl (C=O) groups excluding carboxylic acids is 2. The lowest BCUT2D eigenvalue weighted by molar-refractivity contribution is -0.115. The molecule has 3 aromatic rings. The summed E-state index contributed by atoms with van der Waals surface area (Å²) in [5.74, 6) is -3.04. The van der Waals surface area contributed by atoms with E-state index >= 15 is 0 Å². The van der Waals surface area contributed by atoms with E-state index in [9.17, 15) is 18.4 Å². The number of aryl methyl sites for hydroxylation is 2. The molecule has 2 N–H and O–H groups in total. The highest BCUT2D eigenvalue weighted by Crippen LogP contribution is 2.29. The number of nitrogens with one attached hydrogen (secondary N) is 2. The second kappa shape index (κ2) is 8.71. The van der Waals surface area contributed by atoms with Gasteiger partial charge in [0.2, 0.25) is 5.91 Å². The molecule has 2 amide bonds. The van der Waals surface area contributed by atoms with Gasteiger partial charge in [-0.1, -0.05) is 12.1 Å². The third-order valence-electron chi connectivity index (χ3n) is 4.98. The van der Waals surface area contributed by atoms with Crippen molar-refractivity contribution < 1.29 is 18.4 Å². The zero-order valence-electron chi connectivity index (χ0n) is 16.0. The molecule has 8 heteroatoms. The van der Waals surface area contributed by atoms with Gasteiger partial charge in [-0.2, -0.15) is 0 Å². The number of benzene rings is 2. The molecule has 5 nitrogen and oxygen atoms in total. The number of hydrogen-bond donors (Lipinski definition) is 2. The Bertz CT molecular complexity index is 1110. The van der Waals surface area contributed by atoms with Crippen molar-refractivity contribution >= 4 is 28.3 Å². The number of hydrogen-bond acceptors (Lipinski definition) is 4. The van der Waals surface area contributed by atoms with E-state index in [0.717, 1.165) is 36.2 Å². The summed E-state index contributed by atoms with van der Waals surface area (Å²) < 4.78 is 26.6. The molecule has 0 saturated carbocycles. The Hall–Kier alpha value is -3.13. The zero-order valence-corrected chi connectivity index (χ0v) is 16.8. The topological polar surface area (TPSA) is 71.1 Å².